The van der Waals surface area contributed by atoms with Crippen LogP contribution in [0.3, 0.4) is 0 Å². The van der Waals surface area contributed by atoms with Gasteiger partial charge in [-0.15, -0.1) is 0 Å². The monoisotopic (exact) mass is 419 g/mol. The lowest BCUT2D eigenvalue weighted by atomic mass is 9.93. The van der Waals surface area contributed by atoms with E-state index in [4.69, 9.17) is 4.98 Å². The van der Waals surface area contributed by atoms with Crippen LogP contribution in [0.2, 0.25) is 0 Å². The second kappa shape index (κ2) is 8.44. The van der Waals surface area contributed by atoms with Crippen LogP contribution in [0.5, 0.6) is 0 Å². The fraction of sp³-hybridized carbons (Fsp3) is 0.364. The van der Waals surface area contributed by atoms with Crippen molar-refractivity contribution in [2.75, 3.05) is 19.7 Å². The second-order valence-electron chi connectivity index (χ2n) is 7.90. The summed E-state index contributed by atoms with van der Waals surface area (Å²) >= 11 is 0. The number of hydrogen-bond donors (Lipinski definition) is 2. The molecule has 1 aromatic carbocycles. The first kappa shape index (κ1) is 19.7. The molecule has 3 aromatic heterocycles. The van der Waals surface area contributed by atoms with Gasteiger partial charge < -0.3 is 10.1 Å². The quantitative estimate of drug-likeness (QED) is 0.493. The van der Waals surface area contributed by atoms with E-state index in [1.165, 1.54) is 5.69 Å². The van der Waals surface area contributed by atoms with Crippen LogP contribution in [0.25, 0.3) is 16.7 Å². The largest absolute Gasteiger partial charge is 0.394 e. The molecule has 9 nitrogen and oxygen atoms in total. The first-order valence-electron chi connectivity index (χ1n) is 10.6. The third kappa shape index (κ3) is 3.89. The van der Waals surface area contributed by atoms with Gasteiger partial charge in [0.15, 0.2) is 5.65 Å². The Balaban J connectivity index is 1.32. The third-order valence-corrected chi connectivity index (χ3v) is 5.93. The predicted molar refractivity (Wildman–Crippen MR) is 116 cm³/mol. The lowest BCUT2D eigenvalue weighted by Gasteiger charge is -2.31. The molecule has 1 fully saturated rings. The standard InChI is InChI=1S/C22H25N7O2/c30-13-12-28-19(6-9-23-28)16-7-10-27(11-8-16)15-20-25-21-18(22(31)26-20)14-24-29(21)17-4-2-1-3-5-17/h1-6,9,14,16,30H,7-8,10-13,15H2,(H,25,26,31). The number of rotatable bonds is 6. The van der Waals surface area contributed by atoms with Gasteiger partial charge in [0.25, 0.3) is 5.56 Å². The summed E-state index contributed by atoms with van der Waals surface area (Å²) in [4.78, 5) is 22.6. The van der Waals surface area contributed by atoms with Gasteiger partial charge in [0.05, 0.1) is 31.6 Å². The van der Waals surface area contributed by atoms with Crippen LogP contribution in [0.4, 0.5) is 0 Å². The number of likely N-dealkylation sites (tertiary alicyclic amines) is 1. The summed E-state index contributed by atoms with van der Waals surface area (Å²) in [5, 5.41) is 18.4. The predicted octanol–water partition coefficient (Wildman–Crippen LogP) is 1.68. The van der Waals surface area contributed by atoms with E-state index in [0.29, 0.717) is 35.9 Å². The molecular weight excluding hydrogens is 394 g/mol. The molecule has 5 rings (SSSR count). The molecule has 9 heteroatoms. The maximum absolute atomic E-state index is 12.6. The number of aromatic nitrogens is 6. The number of benzene rings is 1. The molecule has 4 aromatic rings. The molecule has 2 N–H and O–H groups in total. The number of H-pyrrole nitrogens is 1. The summed E-state index contributed by atoms with van der Waals surface area (Å²) < 4.78 is 3.61. The molecule has 1 aliphatic rings. The van der Waals surface area contributed by atoms with Crippen molar-refractivity contribution < 1.29 is 5.11 Å². The van der Waals surface area contributed by atoms with Crippen molar-refractivity contribution in [3.63, 3.8) is 0 Å². The summed E-state index contributed by atoms with van der Waals surface area (Å²) in [6.45, 7) is 3.04. The minimum absolute atomic E-state index is 0.0919. The highest BCUT2D eigenvalue weighted by Crippen LogP contribution is 2.28. The number of fused-ring (bicyclic) bond motifs is 1. The van der Waals surface area contributed by atoms with E-state index in [0.717, 1.165) is 31.6 Å². The Morgan fingerprint density at radius 1 is 1.10 bits per heavy atom. The molecule has 0 atom stereocenters. The van der Waals surface area contributed by atoms with Crippen LogP contribution >= 0.6 is 0 Å². The zero-order chi connectivity index (χ0) is 21.2. The SMILES string of the molecule is O=c1[nH]c(CN2CCC(c3ccnn3CCO)CC2)nc2c1cnn2-c1ccccc1. The van der Waals surface area contributed by atoms with Gasteiger partial charge in [-0.2, -0.15) is 10.2 Å². The molecule has 4 heterocycles. The molecular formula is C22H25N7O2. The minimum Gasteiger partial charge on any atom is -0.394 e. The number of aliphatic hydroxyl groups excluding tert-OH is 1. The summed E-state index contributed by atoms with van der Waals surface area (Å²) in [6, 6.07) is 11.8. The van der Waals surface area contributed by atoms with Crippen LogP contribution in [-0.4, -0.2) is 59.2 Å². The molecule has 0 aliphatic carbocycles. The number of nitrogens with zero attached hydrogens (tertiary/aromatic N) is 6. The average molecular weight is 419 g/mol. The summed E-state index contributed by atoms with van der Waals surface area (Å²) in [5.74, 6) is 1.08. The number of hydrogen-bond acceptors (Lipinski definition) is 6. The molecule has 1 saturated heterocycles. The Morgan fingerprint density at radius 2 is 1.90 bits per heavy atom. The summed E-state index contributed by atoms with van der Waals surface area (Å²) in [6.07, 6.45) is 5.38. The Morgan fingerprint density at radius 3 is 2.68 bits per heavy atom. The minimum atomic E-state index is -0.162. The van der Waals surface area contributed by atoms with Gasteiger partial charge in [0.1, 0.15) is 11.2 Å². The van der Waals surface area contributed by atoms with Gasteiger partial charge >= 0.3 is 0 Å². The van der Waals surface area contributed by atoms with Crippen molar-refractivity contribution in [3.8, 4) is 5.69 Å². The Bertz CT molecular complexity index is 1220. The van der Waals surface area contributed by atoms with Crippen LogP contribution in [-0.2, 0) is 13.1 Å². The number of aromatic amines is 1. The van der Waals surface area contributed by atoms with E-state index in [9.17, 15) is 9.90 Å². The highest BCUT2D eigenvalue weighted by atomic mass is 16.3. The van der Waals surface area contributed by atoms with E-state index >= 15 is 0 Å². The summed E-state index contributed by atoms with van der Waals surface area (Å²) in [5.41, 5.74) is 2.48. The molecule has 0 bridgehead atoms. The smallest absolute Gasteiger partial charge is 0.262 e. The molecule has 160 valence electrons. The molecule has 0 unspecified atom stereocenters. The fourth-order valence-electron chi connectivity index (χ4n) is 4.37. The van der Waals surface area contributed by atoms with E-state index in [-0.39, 0.29) is 12.2 Å². The van der Waals surface area contributed by atoms with E-state index < -0.39 is 0 Å². The zero-order valence-electron chi connectivity index (χ0n) is 17.2. The average Bonchev–Trinajstić information content (AvgIpc) is 3.43. The maximum Gasteiger partial charge on any atom is 0.262 e. The number of piperidine rings is 1. The highest BCUT2D eigenvalue weighted by Gasteiger charge is 2.24. The van der Waals surface area contributed by atoms with Gasteiger partial charge in [-0.25, -0.2) is 9.67 Å². The summed E-state index contributed by atoms with van der Waals surface area (Å²) in [7, 11) is 0. The molecule has 1 aliphatic heterocycles. The molecule has 0 radical (unpaired) electrons. The lowest BCUT2D eigenvalue weighted by Crippen LogP contribution is -2.34. The first-order chi connectivity index (χ1) is 15.2. The topological polar surface area (TPSA) is 105 Å². The number of aliphatic hydroxyl groups is 1. The normalized spacial score (nSPS) is 15.6. The van der Waals surface area contributed by atoms with E-state index in [1.54, 1.807) is 17.1 Å². The van der Waals surface area contributed by atoms with E-state index in [2.05, 4.69) is 20.1 Å². The van der Waals surface area contributed by atoms with Gasteiger partial charge in [-0.05, 0) is 44.1 Å². The first-order valence-corrected chi connectivity index (χ1v) is 10.6. The number of nitrogens with one attached hydrogen (secondary N) is 1. The van der Waals surface area contributed by atoms with Crippen LogP contribution in [0.1, 0.15) is 30.3 Å². The van der Waals surface area contributed by atoms with Crippen molar-refractivity contribution in [3.05, 3.63) is 70.7 Å². The van der Waals surface area contributed by atoms with Gasteiger partial charge in [0, 0.05) is 17.8 Å². The van der Waals surface area contributed by atoms with Crippen LogP contribution in [0, 0.1) is 0 Å². The maximum atomic E-state index is 12.6. The Kier molecular flexibility index (Phi) is 5.35. The molecule has 31 heavy (non-hydrogen) atoms. The number of para-hydroxylation sites is 1. The van der Waals surface area contributed by atoms with Crippen molar-refractivity contribution in [1.29, 1.82) is 0 Å². The van der Waals surface area contributed by atoms with Crippen LogP contribution in [0.15, 0.2) is 53.6 Å². The van der Waals surface area contributed by atoms with Crippen molar-refractivity contribution in [2.24, 2.45) is 0 Å². The lowest BCUT2D eigenvalue weighted by molar-refractivity contribution is 0.195. The zero-order valence-corrected chi connectivity index (χ0v) is 17.2. The molecule has 0 spiro atoms. The van der Waals surface area contributed by atoms with Crippen molar-refractivity contribution >= 4 is 11.0 Å². The van der Waals surface area contributed by atoms with Gasteiger partial charge in [-0.3, -0.25) is 14.4 Å². The Hall–Kier alpha value is -3.30. The van der Waals surface area contributed by atoms with Gasteiger partial charge in [0.2, 0.25) is 0 Å². The molecule has 0 saturated carbocycles. The Labute approximate surface area is 179 Å². The van der Waals surface area contributed by atoms with Crippen molar-refractivity contribution in [2.45, 2.75) is 31.8 Å². The highest BCUT2D eigenvalue weighted by molar-refractivity contribution is 5.75. The fourth-order valence-corrected chi connectivity index (χ4v) is 4.37. The third-order valence-electron chi connectivity index (χ3n) is 5.93. The second-order valence-corrected chi connectivity index (χ2v) is 7.90. The van der Waals surface area contributed by atoms with Crippen molar-refractivity contribution in [1.82, 2.24) is 34.4 Å². The van der Waals surface area contributed by atoms with Gasteiger partial charge in [-0.1, -0.05) is 18.2 Å². The van der Waals surface area contributed by atoms with Crippen LogP contribution < -0.4 is 5.56 Å². The van der Waals surface area contributed by atoms with E-state index in [1.807, 2.05) is 41.1 Å². The molecule has 0 amide bonds.